The molecule has 106 valence electrons. The predicted molar refractivity (Wildman–Crippen MR) is 76.0 cm³/mol. The third kappa shape index (κ3) is 3.92. The van der Waals surface area contributed by atoms with Gasteiger partial charge in [-0.2, -0.15) is 0 Å². The number of halogens is 3. The van der Waals surface area contributed by atoms with E-state index in [4.69, 9.17) is 16.3 Å². The zero-order valence-electron chi connectivity index (χ0n) is 10.9. The molecule has 0 aliphatic carbocycles. The number of hydrogen-bond acceptors (Lipinski definition) is 2. The van der Waals surface area contributed by atoms with Gasteiger partial charge in [0.2, 0.25) is 0 Å². The van der Waals surface area contributed by atoms with Crippen LogP contribution in [0.1, 0.15) is 11.6 Å². The zero-order chi connectivity index (χ0) is 14.5. The van der Waals surface area contributed by atoms with Gasteiger partial charge in [0, 0.05) is 17.8 Å². The molecule has 2 aromatic carbocycles. The van der Waals surface area contributed by atoms with E-state index in [0.717, 1.165) is 5.56 Å². The highest BCUT2D eigenvalue weighted by Crippen LogP contribution is 2.24. The molecule has 2 aromatic rings. The average Bonchev–Trinajstić information content (AvgIpc) is 2.38. The smallest absolute Gasteiger partial charge is 0.126 e. The van der Waals surface area contributed by atoms with Gasteiger partial charge < -0.3 is 10.1 Å². The van der Waals surface area contributed by atoms with E-state index in [-0.39, 0.29) is 11.9 Å². The van der Waals surface area contributed by atoms with Crippen LogP contribution in [0.25, 0.3) is 0 Å². The second-order valence-electron chi connectivity index (χ2n) is 4.36. The second kappa shape index (κ2) is 6.68. The van der Waals surface area contributed by atoms with Crippen LogP contribution < -0.4 is 5.32 Å². The minimum absolute atomic E-state index is 0.224. The standard InChI is InChI=1S/C15H14ClF2NO/c1-20-9-15(10-2-4-12(17)5-3-10)19-14-7-11(16)6-13(18)8-14/h2-8,15,19H,9H2,1H3. The molecule has 0 aliphatic rings. The normalized spacial score (nSPS) is 12.2. The summed E-state index contributed by atoms with van der Waals surface area (Å²) in [6.45, 7) is 0.361. The summed E-state index contributed by atoms with van der Waals surface area (Å²) in [6.07, 6.45) is 0. The van der Waals surface area contributed by atoms with E-state index < -0.39 is 5.82 Å². The van der Waals surface area contributed by atoms with Gasteiger partial charge in [-0.25, -0.2) is 8.78 Å². The molecule has 0 saturated carbocycles. The maximum Gasteiger partial charge on any atom is 0.126 e. The molecule has 2 nitrogen and oxygen atoms in total. The fraction of sp³-hybridized carbons (Fsp3) is 0.200. The molecular weight excluding hydrogens is 284 g/mol. The topological polar surface area (TPSA) is 21.3 Å². The highest BCUT2D eigenvalue weighted by Gasteiger charge is 2.12. The third-order valence-corrected chi connectivity index (χ3v) is 3.03. The van der Waals surface area contributed by atoms with Crippen LogP contribution in [-0.4, -0.2) is 13.7 Å². The summed E-state index contributed by atoms with van der Waals surface area (Å²) < 4.78 is 31.4. The second-order valence-corrected chi connectivity index (χ2v) is 4.80. The molecule has 0 aromatic heterocycles. The van der Waals surface area contributed by atoms with E-state index in [1.807, 2.05) is 0 Å². The first-order valence-electron chi connectivity index (χ1n) is 6.05. The molecule has 0 fully saturated rings. The van der Waals surface area contributed by atoms with Crippen molar-refractivity contribution in [1.29, 1.82) is 0 Å². The Labute approximate surface area is 121 Å². The summed E-state index contributed by atoms with van der Waals surface area (Å²) in [5.74, 6) is -0.728. The largest absolute Gasteiger partial charge is 0.382 e. The number of methoxy groups -OCH3 is 1. The summed E-state index contributed by atoms with van der Waals surface area (Å²) in [6, 6.07) is 10.0. The van der Waals surface area contributed by atoms with Crippen LogP contribution in [0.4, 0.5) is 14.5 Å². The molecule has 5 heteroatoms. The first-order chi connectivity index (χ1) is 9.58. The lowest BCUT2D eigenvalue weighted by atomic mass is 10.1. The van der Waals surface area contributed by atoms with Crippen molar-refractivity contribution >= 4 is 17.3 Å². The first kappa shape index (κ1) is 14.8. The van der Waals surface area contributed by atoms with E-state index in [2.05, 4.69) is 5.32 Å². The van der Waals surface area contributed by atoms with Gasteiger partial charge in [0.15, 0.2) is 0 Å². The highest BCUT2D eigenvalue weighted by atomic mass is 35.5. The average molecular weight is 298 g/mol. The molecule has 20 heavy (non-hydrogen) atoms. The Morgan fingerprint density at radius 2 is 1.80 bits per heavy atom. The van der Waals surface area contributed by atoms with Crippen LogP contribution in [-0.2, 0) is 4.74 Å². The van der Waals surface area contributed by atoms with Crippen LogP contribution in [0.5, 0.6) is 0 Å². The lowest BCUT2D eigenvalue weighted by molar-refractivity contribution is 0.186. The van der Waals surface area contributed by atoms with E-state index in [0.29, 0.717) is 17.3 Å². The SMILES string of the molecule is COCC(Nc1cc(F)cc(Cl)c1)c1ccc(F)cc1. The maximum atomic E-state index is 13.3. The third-order valence-electron chi connectivity index (χ3n) is 2.81. The number of hydrogen-bond donors (Lipinski definition) is 1. The first-order valence-corrected chi connectivity index (χ1v) is 6.43. The van der Waals surface area contributed by atoms with Gasteiger partial charge >= 0.3 is 0 Å². The predicted octanol–water partition coefficient (Wildman–Crippen LogP) is 4.42. The molecule has 1 unspecified atom stereocenters. The van der Waals surface area contributed by atoms with Crippen molar-refractivity contribution in [2.45, 2.75) is 6.04 Å². The van der Waals surface area contributed by atoms with E-state index in [9.17, 15) is 8.78 Å². The van der Waals surface area contributed by atoms with Crippen molar-refractivity contribution in [2.75, 3.05) is 19.0 Å². The number of benzene rings is 2. The summed E-state index contributed by atoms with van der Waals surface area (Å²) in [5, 5.41) is 3.43. The molecule has 2 rings (SSSR count). The molecule has 0 spiro atoms. The number of nitrogens with one attached hydrogen (secondary N) is 1. The van der Waals surface area contributed by atoms with Gasteiger partial charge in [-0.1, -0.05) is 23.7 Å². The molecule has 0 aliphatic heterocycles. The monoisotopic (exact) mass is 297 g/mol. The van der Waals surface area contributed by atoms with Gasteiger partial charge in [0.05, 0.1) is 12.6 Å². The van der Waals surface area contributed by atoms with Crippen LogP contribution in [0.3, 0.4) is 0 Å². The van der Waals surface area contributed by atoms with Gasteiger partial charge in [-0.05, 0) is 35.9 Å². The summed E-state index contributed by atoms with van der Waals surface area (Å²) in [4.78, 5) is 0. The van der Waals surface area contributed by atoms with Crippen molar-refractivity contribution in [2.24, 2.45) is 0 Å². The van der Waals surface area contributed by atoms with Crippen molar-refractivity contribution < 1.29 is 13.5 Å². The minimum Gasteiger partial charge on any atom is -0.382 e. The van der Waals surface area contributed by atoms with E-state index in [1.165, 1.54) is 24.3 Å². The van der Waals surface area contributed by atoms with Crippen molar-refractivity contribution in [3.05, 3.63) is 64.7 Å². The molecule has 0 radical (unpaired) electrons. The van der Waals surface area contributed by atoms with Crippen molar-refractivity contribution in [1.82, 2.24) is 0 Å². The molecule has 0 amide bonds. The van der Waals surface area contributed by atoms with Crippen LogP contribution in [0, 0.1) is 11.6 Å². The van der Waals surface area contributed by atoms with Crippen molar-refractivity contribution in [3.8, 4) is 0 Å². The molecule has 0 heterocycles. The lowest BCUT2D eigenvalue weighted by Gasteiger charge is -2.20. The highest BCUT2D eigenvalue weighted by molar-refractivity contribution is 6.30. The molecular formula is C15H14ClF2NO. The number of anilines is 1. The molecule has 1 N–H and O–H groups in total. The Hall–Kier alpha value is -1.65. The quantitative estimate of drug-likeness (QED) is 0.882. The van der Waals surface area contributed by atoms with Gasteiger partial charge in [0.1, 0.15) is 11.6 Å². The number of ether oxygens (including phenoxy) is 1. The fourth-order valence-electron chi connectivity index (χ4n) is 1.92. The Bertz CT molecular complexity index is 554. The summed E-state index contributed by atoms with van der Waals surface area (Å²) in [7, 11) is 1.57. The summed E-state index contributed by atoms with van der Waals surface area (Å²) >= 11 is 5.82. The van der Waals surface area contributed by atoms with E-state index in [1.54, 1.807) is 25.3 Å². The Kier molecular flexibility index (Phi) is 4.93. The van der Waals surface area contributed by atoms with Crippen LogP contribution in [0.15, 0.2) is 42.5 Å². The van der Waals surface area contributed by atoms with Gasteiger partial charge in [0.25, 0.3) is 0 Å². The zero-order valence-corrected chi connectivity index (χ0v) is 11.6. The molecule has 1 atom stereocenters. The maximum absolute atomic E-state index is 13.3. The lowest BCUT2D eigenvalue weighted by Crippen LogP contribution is -2.16. The van der Waals surface area contributed by atoms with E-state index >= 15 is 0 Å². The minimum atomic E-state index is -0.421. The molecule has 0 bridgehead atoms. The molecule has 0 saturated heterocycles. The Morgan fingerprint density at radius 1 is 1.10 bits per heavy atom. The van der Waals surface area contributed by atoms with Crippen molar-refractivity contribution in [3.63, 3.8) is 0 Å². The van der Waals surface area contributed by atoms with Gasteiger partial charge in [-0.15, -0.1) is 0 Å². The van der Waals surface area contributed by atoms with Crippen LogP contribution >= 0.6 is 11.6 Å². The Balaban J connectivity index is 2.22. The van der Waals surface area contributed by atoms with Crippen LogP contribution in [0.2, 0.25) is 5.02 Å². The number of rotatable bonds is 5. The Morgan fingerprint density at radius 3 is 2.40 bits per heavy atom. The van der Waals surface area contributed by atoms with Gasteiger partial charge in [-0.3, -0.25) is 0 Å². The fourth-order valence-corrected chi connectivity index (χ4v) is 2.14. The summed E-state index contributed by atoms with van der Waals surface area (Å²) in [5.41, 5.74) is 1.38.